The van der Waals surface area contributed by atoms with Crippen molar-refractivity contribution in [2.45, 2.75) is 32.6 Å². The van der Waals surface area contributed by atoms with Gasteiger partial charge in [-0.1, -0.05) is 29.8 Å². The minimum absolute atomic E-state index is 0.669. The maximum atomic E-state index is 5.48. The molecular weight excluding hydrogens is 298 g/mol. The third kappa shape index (κ3) is 10.4. The van der Waals surface area contributed by atoms with Crippen LogP contribution in [0.5, 0.6) is 0 Å². The van der Waals surface area contributed by atoms with Crippen molar-refractivity contribution in [2.24, 2.45) is 0 Å². The molecule has 1 radical (unpaired) electrons. The molecule has 2 heteroatoms. The molecule has 0 aliphatic rings. The van der Waals surface area contributed by atoms with Crippen molar-refractivity contribution in [1.82, 2.24) is 0 Å². The van der Waals surface area contributed by atoms with Crippen LogP contribution in [0.2, 0.25) is 24.3 Å². The average Bonchev–Trinajstić information content (AvgIpc) is 2.04. The van der Waals surface area contributed by atoms with Crippen molar-refractivity contribution in [2.75, 3.05) is 0 Å². The van der Waals surface area contributed by atoms with Gasteiger partial charge in [-0.15, -0.1) is 0 Å². The van der Waals surface area contributed by atoms with Crippen LogP contribution >= 0.6 is 11.6 Å². The number of hydrogen-bond acceptors (Lipinski definition) is 0. The summed E-state index contributed by atoms with van der Waals surface area (Å²) in [7, 11) is 0. The summed E-state index contributed by atoms with van der Waals surface area (Å²) in [6, 6.07) is 10.1. The first-order chi connectivity index (χ1) is 6.45. The molecule has 0 amide bonds. The monoisotopic (exact) mass is 319 g/mol. The third-order valence-electron chi connectivity index (χ3n) is 1.67. The first-order valence-corrected chi connectivity index (χ1v) is 16.0. The van der Waals surface area contributed by atoms with Gasteiger partial charge in [0, 0.05) is 11.1 Å². The van der Waals surface area contributed by atoms with Crippen molar-refractivity contribution in [3.8, 4) is 0 Å². The van der Waals surface area contributed by atoms with E-state index in [-0.39, 0.29) is 0 Å². The Morgan fingerprint density at radius 1 is 1.29 bits per heavy atom. The molecule has 0 saturated carbocycles. The van der Waals surface area contributed by atoms with E-state index in [2.05, 4.69) is 27.8 Å². The van der Waals surface area contributed by atoms with E-state index in [1.54, 1.807) is 16.6 Å². The van der Waals surface area contributed by atoms with E-state index in [1.165, 1.54) is 6.42 Å². The zero-order chi connectivity index (χ0) is 11.0. The van der Waals surface area contributed by atoms with Crippen molar-refractivity contribution in [3.05, 3.63) is 35.4 Å². The summed E-state index contributed by atoms with van der Waals surface area (Å²) in [5, 5.41) is 0.669. The Bertz CT molecular complexity index is 226. The van der Waals surface area contributed by atoms with Crippen LogP contribution in [-0.2, 0) is 0 Å². The zero-order valence-corrected chi connectivity index (χ0v) is 13.2. The normalized spacial score (nSPS) is 10.4. The number of halogens is 1. The summed E-state index contributed by atoms with van der Waals surface area (Å²) in [5.41, 5.74) is 0. The Morgan fingerprint density at radius 2 is 1.93 bits per heavy atom. The van der Waals surface area contributed by atoms with Gasteiger partial charge in [-0.25, -0.2) is 0 Å². The van der Waals surface area contributed by atoms with E-state index in [9.17, 15) is 0 Å². The molecule has 1 aromatic rings. The standard InChI is InChI=1S/C6H4Cl.C3H7.3CH3.Sn/c7-6-4-2-1-3-5-6;1-3-2;;;;/h1-4H;1,3H2,2H3;3*1H3;. The van der Waals surface area contributed by atoms with Crippen LogP contribution in [0.25, 0.3) is 0 Å². The first kappa shape index (κ1) is 14.3. The molecule has 1 rings (SSSR count). The molecule has 0 fully saturated rings. The fourth-order valence-corrected chi connectivity index (χ4v) is 5.54. The maximum absolute atomic E-state index is 5.48. The Kier molecular flexibility index (Phi) is 7.75. The minimum atomic E-state index is -1.28. The molecule has 0 spiro atoms. The second kappa shape index (κ2) is 7.58. The largest absolute Gasteiger partial charge is 0.0837 e. The van der Waals surface area contributed by atoms with Gasteiger partial charge in [0.1, 0.15) is 0 Å². The van der Waals surface area contributed by atoms with Crippen molar-refractivity contribution >= 4 is 30.0 Å². The van der Waals surface area contributed by atoms with Gasteiger partial charge in [-0.3, -0.25) is 0 Å². The van der Waals surface area contributed by atoms with Crippen LogP contribution in [0, 0.1) is 6.07 Å². The summed E-state index contributed by atoms with van der Waals surface area (Å²) in [5.74, 6) is 0. The smallest absolute Gasteiger partial charge is 0.0484 e. The van der Waals surface area contributed by atoms with Gasteiger partial charge in [0.2, 0.25) is 0 Å². The fourth-order valence-electron chi connectivity index (χ4n) is 1.12. The average molecular weight is 318 g/mol. The molecule has 1 aromatic carbocycles. The molecule has 0 heterocycles. The molecule has 0 aliphatic carbocycles. The van der Waals surface area contributed by atoms with Crippen LogP contribution in [0.15, 0.2) is 24.3 Å². The van der Waals surface area contributed by atoms with Crippen LogP contribution in [0.1, 0.15) is 13.3 Å². The maximum Gasteiger partial charge on any atom is 0.0484 e. The number of hydrogen-bond donors (Lipinski definition) is 0. The van der Waals surface area contributed by atoms with Gasteiger partial charge in [-0.2, -0.15) is 0 Å². The molecule has 14 heavy (non-hydrogen) atoms. The van der Waals surface area contributed by atoms with E-state index in [0.29, 0.717) is 5.02 Å². The Morgan fingerprint density at radius 3 is 2.07 bits per heavy atom. The van der Waals surface area contributed by atoms with Crippen LogP contribution in [0.4, 0.5) is 0 Å². The third-order valence-corrected chi connectivity index (χ3v) is 7.61. The number of benzene rings is 1. The summed E-state index contributed by atoms with van der Waals surface area (Å²) in [6.45, 7) is 2.28. The molecule has 0 saturated heterocycles. The second-order valence-corrected chi connectivity index (χ2v) is 21.0. The molecular formula is C12H20ClSn. The van der Waals surface area contributed by atoms with Gasteiger partial charge >= 0.3 is 51.0 Å². The summed E-state index contributed by atoms with van der Waals surface area (Å²) < 4.78 is 1.55. The predicted molar refractivity (Wildman–Crippen MR) is 68.7 cm³/mol. The van der Waals surface area contributed by atoms with E-state index in [1.807, 2.05) is 12.1 Å². The Hall–Kier alpha value is 0.309. The fraction of sp³-hybridized carbons (Fsp3) is 0.500. The Balaban J connectivity index is 0.000000241. The zero-order valence-electron chi connectivity index (χ0n) is 9.60. The predicted octanol–water partition coefficient (Wildman–Crippen LogP) is 4.87. The van der Waals surface area contributed by atoms with Crippen molar-refractivity contribution in [3.63, 3.8) is 0 Å². The van der Waals surface area contributed by atoms with Gasteiger partial charge in [0.05, 0.1) is 0 Å². The molecule has 0 unspecified atom stereocenters. The van der Waals surface area contributed by atoms with E-state index >= 15 is 0 Å². The van der Waals surface area contributed by atoms with E-state index in [0.717, 1.165) is 0 Å². The summed E-state index contributed by atoms with van der Waals surface area (Å²) in [6.07, 6.45) is 1.40. The van der Waals surface area contributed by atoms with Crippen LogP contribution < -0.4 is 0 Å². The molecule has 0 bridgehead atoms. The molecule has 0 N–H and O–H groups in total. The second-order valence-electron chi connectivity index (χ2n) is 4.52. The van der Waals surface area contributed by atoms with E-state index < -0.39 is 18.4 Å². The quantitative estimate of drug-likeness (QED) is 0.682. The van der Waals surface area contributed by atoms with Gasteiger partial charge in [-0.05, 0) is 6.07 Å². The molecule has 0 aromatic heterocycles. The summed E-state index contributed by atoms with van der Waals surface area (Å²) >= 11 is 4.21. The van der Waals surface area contributed by atoms with E-state index in [4.69, 9.17) is 11.6 Å². The molecule has 0 atom stereocenters. The minimum Gasteiger partial charge on any atom is -0.0837 e. The van der Waals surface area contributed by atoms with Gasteiger partial charge < -0.3 is 0 Å². The molecule has 0 aliphatic heterocycles. The molecule has 79 valence electrons. The topological polar surface area (TPSA) is 0 Å². The number of rotatable bonds is 2. The van der Waals surface area contributed by atoms with Gasteiger partial charge in [0.15, 0.2) is 0 Å². The summed E-state index contributed by atoms with van der Waals surface area (Å²) in [4.78, 5) is 7.45. The van der Waals surface area contributed by atoms with Crippen LogP contribution in [0.3, 0.4) is 0 Å². The van der Waals surface area contributed by atoms with Crippen LogP contribution in [-0.4, -0.2) is 18.4 Å². The first-order valence-electron chi connectivity index (χ1n) is 5.08. The van der Waals surface area contributed by atoms with Gasteiger partial charge in [0.25, 0.3) is 0 Å². The SMILES string of the molecule is CC[CH2][Sn]([CH3])([CH3])[CH3].Clc1[c]cccc1. The Labute approximate surface area is 97.5 Å². The molecule has 0 nitrogen and oxygen atoms in total. The van der Waals surface area contributed by atoms with Crippen molar-refractivity contribution < 1.29 is 0 Å². The van der Waals surface area contributed by atoms with Crippen molar-refractivity contribution in [1.29, 1.82) is 0 Å².